The highest BCUT2D eigenvalue weighted by Gasteiger charge is 2.31. The number of carbonyl (C=O) groups excluding carboxylic acids is 1. The molecule has 1 atom stereocenters. The molecule has 1 rings (SSSR count). The van der Waals surface area contributed by atoms with Crippen LogP contribution >= 0.6 is 11.8 Å². The topological polar surface area (TPSA) is 72.3 Å². The summed E-state index contributed by atoms with van der Waals surface area (Å²) in [5, 5.41) is 10.4. The van der Waals surface area contributed by atoms with Crippen molar-refractivity contribution < 1.29 is 14.6 Å². The van der Waals surface area contributed by atoms with Crippen LogP contribution in [0.15, 0.2) is 5.16 Å². The molecule has 0 saturated heterocycles. The standard InChI is InChI=1S/C12H18N2O3S/c1-7-8(2)13-11(14-9(7)3)18-6-12(4,16)10(15)17-5/h16H,6H2,1-5H3. The maximum Gasteiger partial charge on any atom is 0.338 e. The van der Waals surface area contributed by atoms with Crippen molar-refractivity contribution in [1.82, 2.24) is 9.97 Å². The van der Waals surface area contributed by atoms with Gasteiger partial charge >= 0.3 is 5.97 Å². The lowest BCUT2D eigenvalue weighted by atomic mass is 10.1. The predicted octanol–water partition coefficient (Wildman–Crippen LogP) is 1.42. The van der Waals surface area contributed by atoms with E-state index in [1.807, 2.05) is 20.8 Å². The van der Waals surface area contributed by atoms with E-state index in [1.165, 1.54) is 25.8 Å². The first-order chi connectivity index (χ1) is 8.27. The number of aliphatic hydroxyl groups is 1. The highest BCUT2D eigenvalue weighted by Crippen LogP contribution is 2.22. The van der Waals surface area contributed by atoms with Crippen molar-refractivity contribution in [2.45, 2.75) is 38.5 Å². The molecule has 1 heterocycles. The van der Waals surface area contributed by atoms with Crippen LogP contribution in [0.1, 0.15) is 23.9 Å². The van der Waals surface area contributed by atoms with E-state index in [-0.39, 0.29) is 5.75 Å². The Morgan fingerprint density at radius 2 is 1.83 bits per heavy atom. The Hall–Kier alpha value is -1.14. The van der Waals surface area contributed by atoms with E-state index < -0.39 is 11.6 Å². The molecular weight excluding hydrogens is 252 g/mol. The Morgan fingerprint density at radius 1 is 1.33 bits per heavy atom. The van der Waals surface area contributed by atoms with Crippen molar-refractivity contribution in [2.24, 2.45) is 0 Å². The molecule has 0 aliphatic heterocycles. The molecule has 1 aromatic heterocycles. The van der Waals surface area contributed by atoms with Crippen LogP contribution in [0, 0.1) is 20.8 Å². The maximum atomic E-state index is 11.3. The Bertz CT molecular complexity index is 438. The largest absolute Gasteiger partial charge is 0.467 e. The molecule has 1 aromatic rings. The van der Waals surface area contributed by atoms with E-state index in [0.29, 0.717) is 5.16 Å². The Balaban J connectivity index is 2.78. The lowest BCUT2D eigenvalue weighted by Crippen LogP contribution is -2.38. The Morgan fingerprint density at radius 3 is 2.28 bits per heavy atom. The smallest absolute Gasteiger partial charge is 0.338 e. The zero-order chi connectivity index (χ0) is 13.9. The lowest BCUT2D eigenvalue weighted by Gasteiger charge is -2.19. The van der Waals surface area contributed by atoms with Crippen molar-refractivity contribution in [3.05, 3.63) is 17.0 Å². The SMILES string of the molecule is COC(=O)C(C)(O)CSc1nc(C)c(C)c(C)n1. The molecule has 0 spiro atoms. The van der Waals surface area contributed by atoms with Crippen LogP contribution in [0.2, 0.25) is 0 Å². The molecule has 0 fully saturated rings. The number of thioether (sulfide) groups is 1. The molecule has 5 nitrogen and oxygen atoms in total. The summed E-state index contributed by atoms with van der Waals surface area (Å²) in [5.74, 6) is -0.503. The normalized spacial score (nSPS) is 14.1. The minimum Gasteiger partial charge on any atom is -0.467 e. The monoisotopic (exact) mass is 270 g/mol. The second-order valence-corrected chi connectivity index (χ2v) is 5.30. The summed E-state index contributed by atoms with van der Waals surface area (Å²) in [7, 11) is 1.25. The summed E-state index contributed by atoms with van der Waals surface area (Å²) < 4.78 is 4.53. The van der Waals surface area contributed by atoms with Gasteiger partial charge in [0.15, 0.2) is 10.8 Å². The fourth-order valence-corrected chi connectivity index (χ4v) is 2.22. The molecular formula is C12H18N2O3S. The van der Waals surface area contributed by atoms with Gasteiger partial charge in [0, 0.05) is 17.1 Å². The molecule has 100 valence electrons. The van der Waals surface area contributed by atoms with Crippen molar-refractivity contribution in [3.63, 3.8) is 0 Å². The van der Waals surface area contributed by atoms with Gasteiger partial charge < -0.3 is 9.84 Å². The van der Waals surface area contributed by atoms with Crippen LogP contribution in [-0.4, -0.2) is 39.5 Å². The summed E-state index contributed by atoms with van der Waals surface area (Å²) in [5.41, 5.74) is 1.33. The van der Waals surface area contributed by atoms with Gasteiger partial charge in [0.25, 0.3) is 0 Å². The quantitative estimate of drug-likeness (QED) is 0.507. The third-order valence-corrected chi connectivity index (χ3v) is 3.87. The molecule has 0 amide bonds. The van der Waals surface area contributed by atoms with Gasteiger partial charge in [-0.1, -0.05) is 11.8 Å². The van der Waals surface area contributed by atoms with Crippen molar-refractivity contribution in [1.29, 1.82) is 0 Å². The lowest BCUT2D eigenvalue weighted by molar-refractivity contribution is -0.158. The van der Waals surface area contributed by atoms with Gasteiger partial charge in [-0.15, -0.1) is 0 Å². The second kappa shape index (κ2) is 5.67. The first-order valence-electron chi connectivity index (χ1n) is 5.53. The molecule has 0 radical (unpaired) electrons. The number of rotatable bonds is 4. The first-order valence-corrected chi connectivity index (χ1v) is 6.52. The van der Waals surface area contributed by atoms with Gasteiger partial charge in [-0.05, 0) is 33.3 Å². The third kappa shape index (κ3) is 3.43. The number of carbonyl (C=O) groups is 1. The number of methoxy groups -OCH3 is 1. The van der Waals surface area contributed by atoms with Crippen LogP contribution in [0.25, 0.3) is 0 Å². The summed E-state index contributed by atoms with van der Waals surface area (Å²) in [6.07, 6.45) is 0. The zero-order valence-electron chi connectivity index (χ0n) is 11.3. The number of esters is 1. The molecule has 0 aliphatic rings. The Kier molecular flexibility index (Phi) is 4.70. The van der Waals surface area contributed by atoms with Gasteiger partial charge in [-0.2, -0.15) is 0 Å². The number of ether oxygens (including phenoxy) is 1. The third-order valence-electron chi connectivity index (χ3n) is 2.72. The predicted molar refractivity (Wildman–Crippen MR) is 69.6 cm³/mol. The van der Waals surface area contributed by atoms with Crippen LogP contribution in [0.5, 0.6) is 0 Å². The van der Waals surface area contributed by atoms with Gasteiger partial charge in [-0.3, -0.25) is 0 Å². The van der Waals surface area contributed by atoms with Gasteiger partial charge in [0.2, 0.25) is 0 Å². The number of hydrogen-bond acceptors (Lipinski definition) is 6. The molecule has 0 bridgehead atoms. The number of hydrogen-bond donors (Lipinski definition) is 1. The van der Waals surface area contributed by atoms with Gasteiger partial charge in [0.1, 0.15) is 0 Å². The van der Waals surface area contributed by atoms with Crippen molar-refractivity contribution >= 4 is 17.7 Å². The van der Waals surface area contributed by atoms with Crippen molar-refractivity contribution in [2.75, 3.05) is 12.9 Å². The number of aromatic nitrogens is 2. The molecule has 0 saturated carbocycles. The average molecular weight is 270 g/mol. The first kappa shape index (κ1) is 14.9. The zero-order valence-corrected chi connectivity index (χ0v) is 12.1. The Labute approximate surface area is 111 Å². The van der Waals surface area contributed by atoms with Crippen LogP contribution in [0.4, 0.5) is 0 Å². The fourth-order valence-electron chi connectivity index (χ4n) is 1.29. The van der Waals surface area contributed by atoms with Crippen LogP contribution in [0.3, 0.4) is 0 Å². The molecule has 6 heteroatoms. The minimum absolute atomic E-state index is 0.154. The maximum absolute atomic E-state index is 11.3. The molecule has 0 aromatic carbocycles. The van der Waals surface area contributed by atoms with E-state index in [9.17, 15) is 9.90 Å². The minimum atomic E-state index is -1.53. The summed E-state index contributed by atoms with van der Waals surface area (Å²) in [6, 6.07) is 0. The fraction of sp³-hybridized carbons (Fsp3) is 0.583. The van der Waals surface area contributed by atoms with Gasteiger partial charge in [0.05, 0.1) is 7.11 Å². The summed E-state index contributed by atoms with van der Waals surface area (Å²) in [4.78, 5) is 19.9. The van der Waals surface area contributed by atoms with Crippen molar-refractivity contribution in [3.8, 4) is 0 Å². The highest BCUT2D eigenvalue weighted by atomic mass is 32.2. The van der Waals surface area contributed by atoms with E-state index in [2.05, 4.69) is 14.7 Å². The highest BCUT2D eigenvalue weighted by molar-refractivity contribution is 7.99. The van der Waals surface area contributed by atoms with E-state index in [0.717, 1.165) is 17.0 Å². The summed E-state index contributed by atoms with van der Waals surface area (Å²) >= 11 is 1.24. The molecule has 1 N–H and O–H groups in total. The van der Waals surface area contributed by atoms with Crippen LogP contribution in [-0.2, 0) is 9.53 Å². The van der Waals surface area contributed by atoms with E-state index >= 15 is 0 Å². The van der Waals surface area contributed by atoms with E-state index in [4.69, 9.17) is 0 Å². The number of aryl methyl sites for hydroxylation is 2. The second-order valence-electron chi connectivity index (χ2n) is 4.36. The average Bonchev–Trinajstić information content (AvgIpc) is 2.32. The van der Waals surface area contributed by atoms with Crippen LogP contribution < -0.4 is 0 Å². The molecule has 1 unspecified atom stereocenters. The summed E-state index contributed by atoms with van der Waals surface area (Å²) in [6.45, 7) is 7.20. The molecule has 18 heavy (non-hydrogen) atoms. The van der Waals surface area contributed by atoms with Gasteiger partial charge in [-0.25, -0.2) is 14.8 Å². The molecule has 0 aliphatic carbocycles. The van der Waals surface area contributed by atoms with E-state index in [1.54, 1.807) is 0 Å². The number of nitrogens with zero attached hydrogens (tertiary/aromatic N) is 2.